The molecular formula is C20H23ClN2O2. The highest BCUT2D eigenvalue weighted by atomic mass is 35.5. The molecule has 0 saturated carbocycles. The predicted octanol–water partition coefficient (Wildman–Crippen LogP) is 4.33. The second kappa shape index (κ2) is 8.67. The number of hydrogen-bond donors (Lipinski definition) is 1. The summed E-state index contributed by atoms with van der Waals surface area (Å²) in [5.41, 5.74) is 3.82. The van der Waals surface area contributed by atoms with Crippen LogP contribution in [0, 0.1) is 13.8 Å². The molecule has 25 heavy (non-hydrogen) atoms. The van der Waals surface area contributed by atoms with Crippen LogP contribution >= 0.6 is 11.6 Å². The molecule has 0 heterocycles. The summed E-state index contributed by atoms with van der Waals surface area (Å²) in [6, 6.07) is 13.4. The fourth-order valence-electron chi connectivity index (χ4n) is 2.51. The Balaban J connectivity index is 1.92. The molecule has 132 valence electrons. The minimum atomic E-state index is -0.143. The molecule has 0 aromatic heterocycles. The summed E-state index contributed by atoms with van der Waals surface area (Å²) < 4.78 is 0. The number of carbonyl (C=O) groups excluding carboxylic acids is 2. The van der Waals surface area contributed by atoms with Crippen LogP contribution < -0.4 is 5.32 Å². The van der Waals surface area contributed by atoms with Crippen LogP contribution in [0.1, 0.15) is 30.0 Å². The van der Waals surface area contributed by atoms with Crippen molar-refractivity contribution in [2.75, 3.05) is 11.9 Å². The SMILES string of the molecule is CC(=O)N(CCC(=O)Nc1ccc(C)c(Cl)c1)Cc1cccc(C)c1. The van der Waals surface area contributed by atoms with Gasteiger partial charge in [-0.1, -0.05) is 47.5 Å². The van der Waals surface area contributed by atoms with Gasteiger partial charge in [0.05, 0.1) is 0 Å². The van der Waals surface area contributed by atoms with Crippen LogP contribution in [0.2, 0.25) is 5.02 Å². The van der Waals surface area contributed by atoms with Crippen LogP contribution in [0.5, 0.6) is 0 Å². The van der Waals surface area contributed by atoms with Gasteiger partial charge in [0.2, 0.25) is 11.8 Å². The van der Waals surface area contributed by atoms with Gasteiger partial charge in [0.15, 0.2) is 0 Å². The first kappa shape index (κ1) is 19.0. The van der Waals surface area contributed by atoms with Gasteiger partial charge in [0.1, 0.15) is 0 Å². The van der Waals surface area contributed by atoms with E-state index in [1.807, 2.05) is 50.2 Å². The van der Waals surface area contributed by atoms with Crippen molar-refractivity contribution >= 4 is 29.1 Å². The summed E-state index contributed by atoms with van der Waals surface area (Å²) in [4.78, 5) is 25.7. The van der Waals surface area contributed by atoms with Crippen molar-refractivity contribution in [3.05, 3.63) is 64.2 Å². The van der Waals surface area contributed by atoms with Crippen LogP contribution in [0.3, 0.4) is 0 Å². The number of amides is 2. The third kappa shape index (κ3) is 5.91. The molecule has 2 aromatic carbocycles. The number of halogens is 1. The molecule has 1 N–H and O–H groups in total. The molecule has 2 aromatic rings. The first-order chi connectivity index (χ1) is 11.8. The highest BCUT2D eigenvalue weighted by Crippen LogP contribution is 2.20. The van der Waals surface area contributed by atoms with E-state index >= 15 is 0 Å². The van der Waals surface area contributed by atoms with Crippen molar-refractivity contribution in [3.8, 4) is 0 Å². The Kier molecular flexibility index (Phi) is 6.59. The van der Waals surface area contributed by atoms with Gasteiger partial charge in [0, 0.05) is 37.1 Å². The lowest BCUT2D eigenvalue weighted by molar-refractivity contribution is -0.129. The molecule has 2 amide bonds. The molecule has 0 radical (unpaired) electrons. The van der Waals surface area contributed by atoms with E-state index in [0.29, 0.717) is 23.8 Å². The van der Waals surface area contributed by atoms with Gasteiger partial charge in [-0.3, -0.25) is 9.59 Å². The average molecular weight is 359 g/mol. The number of nitrogens with zero attached hydrogens (tertiary/aromatic N) is 1. The molecule has 5 heteroatoms. The largest absolute Gasteiger partial charge is 0.338 e. The van der Waals surface area contributed by atoms with E-state index in [0.717, 1.165) is 16.7 Å². The van der Waals surface area contributed by atoms with E-state index in [9.17, 15) is 9.59 Å². The monoisotopic (exact) mass is 358 g/mol. The van der Waals surface area contributed by atoms with Crippen molar-refractivity contribution in [2.24, 2.45) is 0 Å². The Morgan fingerprint density at radius 3 is 2.52 bits per heavy atom. The van der Waals surface area contributed by atoms with Gasteiger partial charge in [-0.25, -0.2) is 0 Å². The zero-order valence-electron chi connectivity index (χ0n) is 14.8. The summed E-state index contributed by atoms with van der Waals surface area (Å²) >= 11 is 6.07. The molecule has 0 spiro atoms. The fraction of sp³-hybridized carbons (Fsp3) is 0.300. The standard InChI is InChI=1S/C20H23ClN2O2/c1-14-5-4-6-17(11-14)13-23(16(3)24)10-9-20(25)22-18-8-7-15(2)19(21)12-18/h4-8,11-12H,9-10,13H2,1-3H3,(H,22,25). The van der Waals surface area contributed by atoms with Crippen LogP contribution in [-0.2, 0) is 16.1 Å². The molecule has 0 aliphatic carbocycles. The maximum atomic E-state index is 12.2. The number of aryl methyl sites for hydroxylation is 2. The van der Waals surface area contributed by atoms with Gasteiger partial charge in [0.25, 0.3) is 0 Å². The molecule has 0 saturated heterocycles. The van der Waals surface area contributed by atoms with Crippen LogP contribution in [0.15, 0.2) is 42.5 Å². The number of hydrogen-bond acceptors (Lipinski definition) is 2. The summed E-state index contributed by atoms with van der Waals surface area (Å²) in [6.45, 7) is 6.31. The van der Waals surface area contributed by atoms with E-state index in [1.165, 1.54) is 6.92 Å². The average Bonchev–Trinajstić information content (AvgIpc) is 2.54. The lowest BCUT2D eigenvalue weighted by atomic mass is 10.1. The van der Waals surface area contributed by atoms with Gasteiger partial charge in [-0.05, 0) is 37.1 Å². The van der Waals surface area contributed by atoms with E-state index in [4.69, 9.17) is 11.6 Å². The van der Waals surface area contributed by atoms with Crippen molar-refractivity contribution in [1.29, 1.82) is 0 Å². The van der Waals surface area contributed by atoms with E-state index < -0.39 is 0 Å². The van der Waals surface area contributed by atoms with Crippen LogP contribution in [-0.4, -0.2) is 23.3 Å². The third-order valence-corrected chi connectivity index (χ3v) is 4.37. The molecule has 0 aliphatic heterocycles. The molecule has 0 unspecified atom stereocenters. The summed E-state index contributed by atoms with van der Waals surface area (Å²) in [5.74, 6) is -0.192. The maximum absolute atomic E-state index is 12.2. The predicted molar refractivity (Wildman–Crippen MR) is 102 cm³/mol. The third-order valence-electron chi connectivity index (χ3n) is 3.97. The first-order valence-corrected chi connectivity index (χ1v) is 8.60. The smallest absolute Gasteiger partial charge is 0.226 e. The molecule has 0 fully saturated rings. The zero-order chi connectivity index (χ0) is 18.4. The zero-order valence-corrected chi connectivity index (χ0v) is 15.6. The van der Waals surface area contributed by atoms with Gasteiger partial charge >= 0.3 is 0 Å². The highest BCUT2D eigenvalue weighted by molar-refractivity contribution is 6.31. The summed E-state index contributed by atoms with van der Waals surface area (Å²) in [7, 11) is 0. The van der Waals surface area contributed by atoms with Gasteiger partial charge in [-0.2, -0.15) is 0 Å². The number of benzene rings is 2. The van der Waals surface area contributed by atoms with Crippen molar-refractivity contribution in [2.45, 2.75) is 33.7 Å². The van der Waals surface area contributed by atoms with E-state index in [-0.39, 0.29) is 18.2 Å². The number of rotatable bonds is 6. The topological polar surface area (TPSA) is 49.4 Å². The summed E-state index contributed by atoms with van der Waals surface area (Å²) in [5, 5.41) is 3.43. The van der Waals surface area contributed by atoms with Crippen molar-refractivity contribution in [1.82, 2.24) is 4.90 Å². The maximum Gasteiger partial charge on any atom is 0.226 e. The molecule has 0 bridgehead atoms. The lowest BCUT2D eigenvalue weighted by Gasteiger charge is -2.21. The lowest BCUT2D eigenvalue weighted by Crippen LogP contribution is -2.31. The quantitative estimate of drug-likeness (QED) is 0.835. The normalized spacial score (nSPS) is 10.4. The fourth-order valence-corrected chi connectivity index (χ4v) is 2.69. The van der Waals surface area contributed by atoms with Crippen LogP contribution in [0.4, 0.5) is 5.69 Å². The molecule has 0 aliphatic rings. The molecule has 2 rings (SSSR count). The Morgan fingerprint density at radius 2 is 1.88 bits per heavy atom. The Morgan fingerprint density at radius 1 is 1.12 bits per heavy atom. The second-order valence-corrected chi connectivity index (χ2v) is 6.60. The first-order valence-electron chi connectivity index (χ1n) is 8.22. The minimum Gasteiger partial charge on any atom is -0.338 e. The van der Waals surface area contributed by atoms with E-state index in [2.05, 4.69) is 5.32 Å². The van der Waals surface area contributed by atoms with Gasteiger partial charge in [-0.15, -0.1) is 0 Å². The number of nitrogens with one attached hydrogen (secondary N) is 1. The molecule has 0 atom stereocenters. The van der Waals surface area contributed by atoms with Crippen LogP contribution in [0.25, 0.3) is 0 Å². The Bertz CT molecular complexity index is 774. The van der Waals surface area contributed by atoms with Crippen molar-refractivity contribution in [3.63, 3.8) is 0 Å². The highest BCUT2D eigenvalue weighted by Gasteiger charge is 2.12. The number of anilines is 1. The number of carbonyl (C=O) groups is 2. The van der Waals surface area contributed by atoms with Gasteiger partial charge < -0.3 is 10.2 Å². The second-order valence-electron chi connectivity index (χ2n) is 6.19. The van der Waals surface area contributed by atoms with E-state index in [1.54, 1.807) is 11.0 Å². The minimum absolute atomic E-state index is 0.0484. The van der Waals surface area contributed by atoms with Crippen molar-refractivity contribution < 1.29 is 9.59 Å². The molecule has 4 nitrogen and oxygen atoms in total. The Hall–Kier alpha value is -2.33. The Labute approximate surface area is 153 Å². The summed E-state index contributed by atoms with van der Waals surface area (Å²) in [6.07, 6.45) is 0.233. The molecular weight excluding hydrogens is 336 g/mol.